The van der Waals surface area contributed by atoms with E-state index in [0.29, 0.717) is 32.7 Å². The molecular weight excluding hydrogens is 392 g/mol. The Morgan fingerprint density at radius 3 is 2.38 bits per heavy atom. The summed E-state index contributed by atoms with van der Waals surface area (Å²) in [5, 5.41) is 2.79. The van der Waals surface area contributed by atoms with E-state index in [1.165, 1.54) is 23.5 Å². The summed E-state index contributed by atoms with van der Waals surface area (Å²) < 4.78 is 37.9. The van der Waals surface area contributed by atoms with Gasteiger partial charge in [-0.2, -0.15) is 4.31 Å². The van der Waals surface area contributed by atoms with Crippen molar-refractivity contribution in [3.8, 4) is 11.5 Å². The Bertz CT molecular complexity index is 897. The molecule has 0 spiro atoms. The van der Waals surface area contributed by atoms with Gasteiger partial charge in [0.15, 0.2) is 0 Å². The fourth-order valence-corrected chi connectivity index (χ4v) is 4.44. The van der Waals surface area contributed by atoms with Crippen LogP contribution in [0.2, 0.25) is 0 Å². The highest BCUT2D eigenvalue weighted by Gasteiger charge is 2.26. The van der Waals surface area contributed by atoms with Gasteiger partial charge in [-0.25, -0.2) is 8.42 Å². The van der Waals surface area contributed by atoms with E-state index in [9.17, 15) is 13.2 Å². The van der Waals surface area contributed by atoms with E-state index in [4.69, 9.17) is 9.47 Å². The maximum Gasteiger partial charge on any atom is 0.251 e. The number of benzene rings is 2. The zero-order chi connectivity index (χ0) is 21.3. The number of hydrogen-bond donors (Lipinski definition) is 1. The average Bonchev–Trinajstić information content (AvgIpc) is 2.74. The van der Waals surface area contributed by atoms with Gasteiger partial charge >= 0.3 is 0 Å². The second-order valence-electron chi connectivity index (χ2n) is 6.23. The van der Waals surface area contributed by atoms with E-state index in [2.05, 4.69) is 5.32 Å². The summed E-state index contributed by atoms with van der Waals surface area (Å²) in [7, 11) is -2.35. The Hall–Kier alpha value is -2.58. The largest absolute Gasteiger partial charge is 0.495 e. The van der Waals surface area contributed by atoms with Crippen LogP contribution < -0.4 is 14.8 Å². The summed E-state index contributed by atoms with van der Waals surface area (Å²) in [4.78, 5) is 12.5. The van der Waals surface area contributed by atoms with Crippen LogP contribution in [0, 0.1) is 0 Å². The summed E-state index contributed by atoms with van der Waals surface area (Å²) in [5.74, 6) is 0.647. The van der Waals surface area contributed by atoms with E-state index in [-0.39, 0.29) is 22.1 Å². The van der Waals surface area contributed by atoms with Gasteiger partial charge < -0.3 is 14.8 Å². The molecule has 1 N–H and O–H groups in total. The number of nitrogens with zero attached hydrogens (tertiary/aromatic N) is 1. The first kappa shape index (κ1) is 22.7. The Labute approximate surface area is 172 Å². The zero-order valence-corrected chi connectivity index (χ0v) is 17.9. The lowest BCUT2D eigenvalue weighted by atomic mass is 10.2. The summed E-state index contributed by atoms with van der Waals surface area (Å²) in [6.45, 7) is 5.08. The molecule has 7 nitrogen and oxygen atoms in total. The summed E-state index contributed by atoms with van der Waals surface area (Å²) in [5.41, 5.74) is 0.264. The molecule has 0 radical (unpaired) electrons. The van der Waals surface area contributed by atoms with Crippen LogP contribution in [0.5, 0.6) is 11.5 Å². The fraction of sp³-hybridized carbons (Fsp3) is 0.381. The van der Waals surface area contributed by atoms with Crippen LogP contribution in [0.1, 0.15) is 30.6 Å². The van der Waals surface area contributed by atoms with Gasteiger partial charge in [-0.1, -0.05) is 32.0 Å². The number of hydrogen-bond acceptors (Lipinski definition) is 5. The SMILES string of the molecule is CCN(CC)S(=O)(=O)c1cc(C(=O)NCCCOc2ccccc2)ccc1OC. The zero-order valence-electron chi connectivity index (χ0n) is 17.1. The standard InChI is InChI=1S/C21H28N2O5S/c1-4-23(5-2)29(25,26)20-16-17(12-13-19(20)27-3)21(24)22-14-9-15-28-18-10-7-6-8-11-18/h6-8,10-13,16H,4-5,9,14-15H2,1-3H3,(H,22,24). The predicted octanol–water partition coefficient (Wildman–Crippen LogP) is 2.92. The van der Waals surface area contributed by atoms with Crippen molar-refractivity contribution in [2.45, 2.75) is 25.2 Å². The molecule has 158 valence electrons. The first-order chi connectivity index (χ1) is 13.9. The van der Waals surface area contributed by atoms with E-state index in [1.807, 2.05) is 30.3 Å². The number of nitrogens with one attached hydrogen (secondary N) is 1. The van der Waals surface area contributed by atoms with Crippen molar-refractivity contribution in [3.05, 3.63) is 54.1 Å². The van der Waals surface area contributed by atoms with Crippen LogP contribution in [-0.4, -0.2) is 52.0 Å². The first-order valence-electron chi connectivity index (χ1n) is 9.58. The molecule has 0 saturated carbocycles. The van der Waals surface area contributed by atoms with Crippen LogP contribution in [0.15, 0.2) is 53.4 Å². The smallest absolute Gasteiger partial charge is 0.251 e. The van der Waals surface area contributed by atoms with Crippen molar-refractivity contribution in [2.24, 2.45) is 0 Å². The van der Waals surface area contributed by atoms with E-state index < -0.39 is 10.0 Å². The lowest BCUT2D eigenvalue weighted by Crippen LogP contribution is -2.31. The maximum absolute atomic E-state index is 12.9. The number of carbonyl (C=O) groups excluding carboxylic acids is 1. The molecule has 8 heteroatoms. The van der Waals surface area contributed by atoms with Gasteiger partial charge in [0, 0.05) is 25.2 Å². The summed E-state index contributed by atoms with van der Waals surface area (Å²) in [6.07, 6.45) is 0.626. The minimum absolute atomic E-state index is 0.0104. The second kappa shape index (κ2) is 10.8. The Morgan fingerprint density at radius 1 is 1.07 bits per heavy atom. The third-order valence-electron chi connectivity index (χ3n) is 4.37. The number of ether oxygens (including phenoxy) is 2. The van der Waals surface area contributed by atoms with Gasteiger partial charge in [-0.05, 0) is 36.8 Å². The van der Waals surface area contributed by atoms with Gasteiger partial charge in [0.2, 0.25) is 10.0 Å². The van der Waals surface area contributed by atoms with E-state index >= 15 is 0 Å². The molecule has 0 saturated heterocycles. The molecule has 2 rings (SSSR count). The molecule has 0 unspecified atom stereocenters. The summed E-state index contributed by atoms with van der Waals surface area (Å²) in [6, 6.07) is 13.9. The number of methoxy groups -OCH3 is 1. The third kappa shape index (κ3) is 5.95. The molecule has 0 bridgehead atoms. The van der Waals surface area contributed by atoms with Crippen LogP contribution in [0.4, 0.5) is 0 Å². The monoisotopic (exact) mass is 420 g/mol. The van der Waals surface area contributed by atoms with Gasteiger partial charge in [-0.3, -0.25) is 4.79 Å². The molecule has 0 aliphatic heterocycles. The molecular formula is C21H28N2O5S. The highest BCUT2D eigenvalue weighted by molar-refractivity contribution is 7.89. The molecule has 0 fully saturated rings. The quantitative estimate of drug-likeness (QED) is 0.565. The first-order valence-corrected chi connectivity index (χ1v) is 11.0. The fourth-order valence-electron chi connectivity index (χ4n) is 2.81. The van der Waals surface area contributed by atoms with Gasteiger partial charge in [-0.15, -0.1) is 0 Å². The minimum atomic E-state index is -3.75. The van der Waals surface area contributed by atoms with Crippen molar-refractivity contribution >= 4 is 15.9 Å². The van der Waals surface area contributed by atoms with Crippen LogP contribution in [0.3, 0.4) is 0 Å². The van der Waals surface area contributed by atoms with Crippen LogP contribution >= 0.6 is 0 Å². The van der Waals surface area contributed by atoms with Crippen molar-refractivity contribution in [1.29, 1.82) is 0 Å². The Balaban J connectivity index is 2.01. The minimum Gasteiger partial charge on any atom is -0.495 e. The highest BCUT2D eigenvalue weighted by Crippen LogP contribution is 2.27. The highest BCUT2D eigenvalue weighted by atomic mass is 32.2. The number of sulfonamides is 1. The maximum atomic E-state index is 12.9. The molecule has 0 atom stereocenters. The van der Waals surface area contributed by atoms with Crippen LogP contribution in [-0.2, 0) is 10.0 Å². The number of rotatable bonds is 11. The number of para-hydroxylation sites is 1. The van der Waals surface area contributed by atoms with Crippen molar-refractivity contribution in [1.82, 2.24) is 9.62 Å². The van der Waals surface area contributed by atoms with Gasteiger partial charge in [0.05, 0.1) is 13.7 Å². The lowest BCUT2D eigenvalue weighted by Gasteiger charge is -2.20. The molecule has 29 heavy (non-hydrogen) atoms. The Morgan fingerprint density at radius 2 is 1.76 bits per heavy atom. The van der Waals surface area contributed by atoms with Gasteiger partial charge in [0.1, 0.15) is 16.4 Å². The van der Waals surface area contributed by atoms with Crippen molar-refractivity contribution < 1.29 is 22.7 Å². The molecule has 1 amide bonds. The van der Waals surface area contributed by atoms with Crippen molar-refractivity contribution in [2.75, 3.05) is 33.4 Å². The molecule has 2 aromatic rings. The third-order valence-corrected chi connectivity index (χ3v) is 6.44. The van der Waals surface area contributed by atoms with E-state index in [0.717, 1.165) is 5.75 Å². The Kier molecular flexibility index (Phi) is 8.48. The molecule has 0 aliphatic rings. The van der Waals surface area contributed by atoms with Crippen LogP contribution in [0.25, 0.3) is 0 Å². The number of amides is 1. The summed E-state index contributed by atoms with van der Waals surface area (Å²) >= 11 is 0. The molecule has 0 aliphatic carbocycles. The molecule has 0 aromatic heterocycles. The second-order valence-corrected chi connectivity index (χ2v) is 8.13. The average molecular weight is 421 g/mol. The van der Waals surface area contributed by atoms with E-state index in [1.54, 1.807) is 19.9 Å². The topological polar surface area (TPSA) is 84.9 Å². The molecule has 0 heterocycles. The normalized spacial score (nSPS) is 11.3. The number of carbonyl (C=O) groups is 1. The van der Waals surface area contributed by atoms with Crippen molar-refractivity contribution in [3.63, 3.8) is 0 Å². The van der Waals surface area contributed by atoms with Gasteiger partial charge in [0.25, 0.3) is 5.91 Å². The lowest BCUT2D eigenvalue weighted by molar-refractivity contribution is 0.0951. The molecule has 2 aromatic carbocycles. The predicted molar refractivity (Wildman–Crippen MR) is 112 cm³/mol.